The van der Waals surface area contributed by atoms with E-state index in [4.69, 9.17) is 17.3 Å². The van der Waals surface area contributed by atoms with Gasteiger partial charge in [-0.3, -0.25) is 4.90 Å². The first kappa shape index (κ1) is 16.2. The summed E-state index contributed by atoms with van der Waals surface area (Å²) in [6, 6.07) is 7.73. The van der Waals surface area contributed by atoms with Crippen LogP contribution >= 0.6 is 11.6 Å². The van der Waals surface area contributed by atoms with Gasteiger partial charge in [0.15, 0.2) is 0 Å². The third-order valence-electron chi connectivity index (χ3n) is 4.15. The van der Waals surface area contributed by atoms with Crippen molar-refractivity contribution in [3.8, 4) is 11.1 Å². The van der Waals surface area contributed by atoms with Gasteiger partial charge in [-0.2, -0.15) is 0 Å². The number of rotatable bonds is 5. The summed E-state index contributed by atoms with van der Waals surface area (Å²) in [5, 5.41) is 0.735. The Morgan fingerprint density at radius 3 is 2.22 bits per heavy atom. The van der Waals surface area contributed by atoms with Crippen molar-refractivity contribution in [2.75, 3.05) is 44.2 Å². The van der Waals surface area contributed by atoms with Gasteiger partial charge in [-0.25, -0.2) is 9.97 Å². The SMILES string of the molecule is NCCCN1CCN(c2ncc(-c3ccc(Cl)cc3)cn2)CC1. The van der Waals surface area contributed by atoms with E-state index >= 15 is 0 Å². The van der Waals surface area contributed by atoms with Crippen molar-refractivity contribution in [3.05, 3.63) is 41.7 Å². The van der Waals surface area contributed by atoms with Gasteiger partial charge in [-0.05, 0) is 37.2 Å². The number of nitrogens with two attached hydrogens (primary N) is 1. The van der Waals surface area contributed by atoms with E-state index in [1.165, 1.54) is 0 Å². The second-order valence-corrected chi connectivity index (χ2v) is 6.19. The average molecular weight is 332 g/mol. The second-order valence-electron chi connectivity index (χ2n) is 5.75. The summed E-state index contributed by atoms with van der Waals surface area (Å²) in [4.78, 5) is 13.8. The first-order chi connectivity index (χ1) is 11.3. The number of aromatic nitrogens is 2. The number of piperazine rings is 1. The van der Waals surface area contributed by atoms with E-state index in [1.54, 1.807) is 0 Å². The summed E-state index contributed by atoms with van der Waals surface area (Å²) < 4.78 is 0. The lowest BCUT2D eigenvalue weighted by atomic mass is 10.1. The molecule has 0 bridgehead atoms. The highest BCUT2D eigenvalue weighted by molar-refractivity contribution is 6.30. The van der Waals surface area contributed by atoms with E-state index in [1.807, 2.05) is 36.7 Å². The van der Waals surface area contributed by atoms with Crippen molar-refractivity contribution in [2.45, 2.75) is 6.42 Å². The normalized spacial score (nSPS) is 15.8. The van der Waals surface area contributed by atoms with Crippen LogP contribution < -0.4 is 10.6 Å². The number of benzene rings is 1. The number of nitrogens with zero attached hydrogens (tertiary/aromatic N) is 4. The van der Waals surface area contributed by atoms with Gasteiger partial charge in [0.25, 0.3) is 0 Å². The molecule has 2 heterocycles. The molecule has 0 aliphatic carbocycles. The molecule has 1 saturated heterocycles. The fourth-order valence-corrected chi connectivity index (χ4v) is 2.89. The minimum Gasteiger partial charge on any atom is -0.338 e. The molecule has 1 fully saturated rings. The van der Waals surface area contributed by atoms with E-state index in [9.17, 15) is 0 Å². The Hall–Kier alpha value is -1.69. The van der Waals surface area contributed by atoms with Crippen molar-refractivity contribution < 1.29 is 0 Å². The molecule has 5 nitrogen and oxygen atoms in total. The van der Waals surface area contributed by atoms with Crippen molar-refractivity contribution in [1.82, 2.24) is 14.9 Å². The number of hydrogen-bond donors (Lipinski definition) is 1. The molecule has 0 amide bonds. The molecular formula is C17H22ClN5. The highest BCUT2D eigenvalue weighted by atomic mass is 35.5. The molecule has 1 aliphatic heterocycles. The van der Waals surface area contributed by atoms with Crippen LogP contribution in [0.2, 0.25) is 5.02 Å². The number of hydrogen-bond acceptors (Lipinski definition) is 5. The van der Waals surface area contributed by atoms with Gasteiger partial charge in [0.05, 0.1) is 0 Å². The maximum atomic E-state index is 5.92. The standard InChI is InChI=1S/C17H22ClN5/c18-16-4-2-14(3-5-16)15-12-20-17(21-13-15)23-10-8-22(9-11-23)7-1-6-19/h2-5,12-13H,1,6-11,19H2. The van der Waals surface area contributed by atoms with Crippen molar-refractivity contribution in [3.63, 3.8) is 0 Å². The summed E-state index contributed by atoms with van der Waals surface area (Å²) in [5.41, 5.74) is 7.65. The van der Waals surface area contributed by atoms with Gasteiger partial charge >= 0.3 is 0 Å². The van der Waals surface area contributed by atoms with Crippen LogP contribution in [0.25, 0.3) is 11.1 Å². The molecule has 3 rings (SSSR count). The Bertz CT molecular complexity index is 606. The topological polar surface area (TPSA) is 58.3 Å². The van der Waals surface area contributed by atoms with Gasteiger partial charge in [0, 0.05) is 49.2 Å². The Morgan fingerprint density at radius 1 is 0.957 bits per heavy atom. The Balaban J connectivity index is 1.61. The maximum absolute atomic E-state index is 5.92. The molecule has 122 valence electrons. The van der Waals surface area contributed by atoms with E-state index in [0.29, 0.717) is 0 Å². The van der Waals surface area contributed by atoms with E-state index in [-0.39, 0.29) is 0 Å². The van der Waals surface area contributed by atoms with Crippen LogP contribution in [0.1, 0.15) is 6.42 Å². The zero-order valence-corrected chi connectivity index (χ0v) is 13.9. The smallest absolute Gasteiger partial charge is 0.225 e. The van der Waals surface area contributed by atoms with Crippen LogP contribution in [-0.2, 0) is 0 Å². The van der Waals surface area contributed by atoms with Gasteiger partial charge in [-0.1, -0.05) is 23.7 Å². The van der Waals surface area contributed by atoms with Crippen LogP contribution in [0.5, 0.6) is 0 Å². The highest BCUT2D eigenvalue weighted by Gasteiger charge is 2.18. The second kappa shape index (κ2) is 7.73. The van der Waals surface area contributed by atoms with Crippen molar-refractivity contribution >= 4 is 17.5 Å². The Kier molecular flexibility index (Phi) is 5.43. The third kappa shape index (κ3) is 4.19. The summed E-state index contributed by atoms with van der Waals surface area (Å²) in [5.74, 6) is 0.807. The van der Waals surface area contributed by atoms with Crippen LogP contribution in [0.3, 0.4) is 0 Å². The largest absolute Gasteiger partial charge is 0.338 e. The molecule has 0 spiro atoms. The molecule has 0 saturated carbocycles. The lowest BCUT2D eigenvalue weighted by Gasteiger charge is -2.34. The summed E-state index contributed by atoms with van der Waals surface area (Å²) >= 11 is 5.92. The maximum Gasteiger partial charge on any atom is 0.225 e. The predicted molar refractivity (Wildman–Crippen MR) is 94.8 cm³/mol. The Morgan fingerprint density at radius 2 is 1.61 bits per heavy atom. The van der Waals surface area contributed by atoms with Gasteiger partial charge in [0.1, 0.15) is 0 Å². The van der Waals surface area contributed by atoms with Gasteiger partial charge in [0.2, 0.25) is 5.95 Å². The molecule has 0 unspecified atom stereocenters. The zero-order valence-electron chi connectivity index (χ0n) is 13.2. The molecule has 1 aliphatic rings. The van der Waals surface area contributed by atoms with E-state index < -0.39 is 0 Å². The summed E-state index contributed by atoms with van der Waals surface area (Å²) in [6.45, 7) is 5.86. The number of halogens is 1. The quantitative estimate of drug-likeness (QED) is 0.910. The van der Waals surface area contributed by atoms with Crippen molar-refractivity contribution in [2.24, 2.45) is 5.73 Å². The molecular weight excluding hydrogens is 310 g/mol. The lowest BCUT2D eigenvalue weighted by molar-refractivity contribution is 0.255. The summed E-state index contributed by atoms with van der Waals surface area (Å²) in [6.07, 6.45) is 4.82. The monoisotopic (exact) mass is 331 g/mol. The van der Waals surface area contributed by atoms with E-state index in [2.05, 4.69) is 19.8 Å². The molecule has 2 N–H and O–H groups in total. The fourth-order valence-electron chi connectivity index (χ4n) is 2.76. The van der Waals surface area contributed by atoms with Gasteiger partial charge < -0.3 is 10.6 Å². The molecule has 1 aromatic heterocycles. The minimum atomic E-state index is 0.735. The lowest BCUT2D eigenvalue weighted by Crippen LogP contribution is -2.47. The minimum absolute atomic E-state index is 0.735. The Labute approximate surface area is 142 Å². The zero-order chi connectivity index (χ0) is 16.1. The molecule has 0 atom stereocenters. The molecule has 6 heteroatoms. The first-order valence-electron chi connectivity index (χ1n) is 8.01. The molecule has 1 aromatic carbocycles. The third-order valence-corrected chi connectivity index (χ3v) is 4.40. The fraction of sp³-hybridized carbons (Fsp3) is 0.412. The first-order valence-corrected chi connectivity index (χ1v) is 8.39. The molecule has 2 aromatic rings. The molecule has 23 heavy (non-hydrogen) atoms. The van der Waals surface area contributed by atoms with Crippen LogP contribution in [0.4, 0.5) is 5.95 Å². The van der Waals surface area contributed by atoms with Crippen LogP contribution in [-0.4, -0.2) is 54.1 Å². The van der Waals surface area contributed by atoms with Crippen LogP contribution in [0.15, 0.2) is 36.7 Å². The predicted octanol–water partition coefficient (Wildman–Crippen LogP) is 2.27. The van der Waals surface area contributed by atoms with E-state index in [0.717, 1.165) is 67.8 Å². The number of anilines is 1. The summed E-state index contributed by atoms with van der Waals surface area (Å²) in [7, 11) is 0. The van der Waals surface area contributed by atoms with Gasteiger partial charge in [-0.15, -0.1) is 0 Å². The highest BCUT2D eigenvalue weighted by Crippen LogP contribution is 2.21. The van der Waals surface area contributed by atoms with Crippen LogP contribution in [0, 0.1) is 0 Å². The average Bonchev–Trinajstić information content (AvgIpc) is 2.61. The van der Waals surface area contributed by atoms with Crippen molar-refractivity contribution in [1.29, 1.82) is 0 Å². The molecule has 0 radical (unpaired) electrons.